The van der Waals surface area contributed by atoms with E-state index in [9.17, 15) is 14.4 Å². The molecule has 0 spiro atoms. The Morgan fingerprint density at radius 1 is 1.25 bits per heavy atom. The van der Waals surface area contributed by atoms with Crippen LogP contribution >= 0.6 is 0 Å². The first-order valence-electron chi connectivity index (χ1n) is 7.55. The summed E-state index contributed by atoms with van der Waals surface area (Å²) in [7, 11) is 0. The van der Waals surface area contributed by atoms with Gasteiger partial charge in [-0.2, -0.15) is 5.10 Å². The van der Waals surface area contributed by atoms with Crippen molar-refractivity contribution in [3.05, 3.63) is 40.3 Å². The Hall–Kier alpha value is -2.70. The lowest BCUT2D eigenvalue weighted by atomic mass is 10.1. The fraction of sp³-hybridized carbons (Fsp3) is 0.412. The molecule has 0 fully saturated rings. The quantitative estimate of drug-likeness (QED) is 0.859. The molecule has 0 bridgehead atoms. The lowest BCUT2D eigenvalue weighted by molar-refractivity contribution is -0.158. The molecule has 0 amide bonds. The third-order valence-corrected chi connectivity index (χ3v) is 3.34. The Kier molecular flexibility index (Phi) is 4.73. The van der Waals surface area contributed by atoms with E-state index in [4.69, 9.17) is 9.84 Å². The van der Waals surface area contributed by atoms with Crippen molar-refractivity contribution >= 4 is 22.7 Å². The SMILES string of the molecule is CC(C(=O)OC(C)(C)C)n1nc(CC(=O)O)c2ccccc2c1=O. The second kappa shape index (κ2) is 6.43. The minimum absolute atomic E-state index is 0.230. The zero-order chi connectivity index (χ0) is 18.1. The molecule has 0 aliphatic heterocycles. The second-order valence-electron chi connectivity index (χ2n) is 6.52. The zero-order valence-electron chi connectivity index (χ0n) is 14.1. The third-order valence-electron chi connectivity index (χ3n) is 3.34. The van der Waals surface area contributed by atoms with Gasteiger partial charge in [0.15, 0.2) is 6.04 Å². The molecule has 24 heavy (non-hydrogen) atoms. The van der Waals surface area contributed by atoms with Gasteiger partial charge in [0.25, 0.3) is 5.56 Å². The fourth-order valence-electron chi connectivity index (χ4n) is 2.30. The van der Waals surface area contributed by atoms with Crippen LogP contribution in [0.1, 0.15) is 39.4 Å². The van der Waals surface area contributed by atoms with Crippen LogP contribution in [-0.2, 0) is 20.7 Å². The summed E-state index contributed by atoms with van der Waals surface area (Å²) in [6.07, 6.45) is -0.345. The summed E-state index contributed by atoms with van der Waals surface area (Å²) in [5, 5.41) is 14.0. The Morgan fingerprint density at radius 3 is 2.38 bits per heavy atom. The number of carboxylic acids is 1. The summed E-state index contributed by atoms with van der Waals surface area (Å²) in [5.41, 5.74) is -0.929. The molecule has 0 saturated heterocycles. The first-order valence-corrected chi connectivity index (χ1v) is 7.55. The summed E-state index contributed by atoms with van der Waals surface area (Å²) in [5.74, 6) is -1.67. The highest BCUT2D eigenvalue weighted by atomic mass is 16.6. The molecule has 7 heteroatoms. The maximum absolute atomic E-state index is 12.6. The fourth-order valence-corrected chi connectivity index (χ4v) is 2.30. The molecule has 0 aliphatic carbocycles. The van der Waals surface area contributed by atoms with Crippen LogP contribution in [-0.4, -0.2) is 32.4 Å². The third kappa shape index (κ3) is 3.79. The van der Waals surface area contributed by atoms with Crippen LogP contribution in [0.3, 0.4) is 0 Å². The molecular weight excluding hydrogens is 312 g/mol. The molecule has 1 N–H and O–H groups in total. The van der Waals surface area contributed by atoms with E-state index in [1.54, 1.807) is 45.0 Å². The Morgan fingerprint density at radius 2 is 1.83 bits per heavy atom. The highest BCUT2D eigenvalue weighted by Gasteiger charge is 2.26. The molecule has 1 unspecified atom stereocenters. The number of hydrogen-bond acceptors (Lipinski definition) is 5. The van der Waals surface area contributed by atoms with Gasteiger partial charge in [0.2, 0.25) is 0 Å². The molecule has 7 nitrogen and oxygen atoms in total. The van der Waals surface area contributed by atoms with Crippen LogP contribution in [0.2, 0.25) is 0 Å². The van der Waals surface area contributed by atoms with Crippen LogP contribution in [0.4, 0.5) is 0 Å². The number of benzene rings is 1. The lowest BCUT2D eigenvalue weighted by Crippen LogP contribution is -2.35. The highest BCUT2D eigenvalue weighted by molar-refractivity contribution is 5.87. The van der Waals surface area contributed by atoms with E-state index in [2.05, 4.69) is 5.10 Å². The molecule has 2 aromatic rings. The van der Waals surface area contributed by atoms with Gasteiger partial charge in [-0.05, 0) is 33.8 Å². The van der Waals surface area contributed by atoms with Crippen molar-refractivity contribution in [3.63, 3.8) is 0 Å². The molecule has 0 saturated carbocycles. The van der Waals surface area contributed by atoms with E-state index in [0.717, 1.165) is 4.68 Å². The number of nitrogens with zero attached hydrogens (tertiary/aromatic N) is 2. The number of carboxylic acid groups (broad SMARTS) is 1. The Labute approximate surface area is 138 Å². The number of fused-ring (bicyclic) bond motifs is 1. The number of esters is 1. The first-order chi connectivity index (χ1) is 11.1. The number of aromatic nitrogens is 2. The predicted octanol–water partition coefficient (Wildman–Crippen LogP) is 1.93. The monoisotopic (exact) mass is 332 g/mol. The standard InChI is InChI=1S/C17H20N2O5/c1-10(16(23)24-17(2,3)4)19-15(22)12-8-6-5-7-11(12)13(18-19)9-14(20)21/h5-8,10H,9H2,1-4H3,(H,20,21). The van der Waals surface area contributed by atoms with Gasteiger partial charge in [0, 0.05) is 5.39 Å². The van der Waals surface area contributed by atoms with Gasteiger partial charge in [0.05, 0.1) is 17.5 Å². The summed E-state index contributed by atoms with van der Waals surface area (Å²) < 4.78 is 6.28. The molecule has 0 radical (unpaired) electrons. The van der Waals surface area contributed by atoms with Crippen molar-refractivity contribution in [1.82, 2.24) is 9.78 Å². The number of rotatable bonds is 4. The predicted molar refractivity (Wildman–Crippen MR) is 87.9 cm³/mol. The van der Waals surface area contributed by atoms with Crippen molar-refractivity contribution in [2.24, 2.45) is 0 Å². The van der Waals surface area contributed by atoms with E-state index in [1.807, 2.05) is 0 Å². The maximum Gasteiger partial charge on any atom is 0.331 e. The Balaban J connectivity index is 2.58. The van der Waals surface area contributed by atoms with Gasteiger partial charge >= 0.3 is 11.9 Å². The van der Waals surface area contributed by atoms with Gasteiger partial charge in [-0.15, -0.1) is 0 Å². The van der Waals surface area contributed by atoms with E-state index >= 15 is 0 Å². The number of hydrogen-bond donors (Lipinski definition) is 1. The topological polar surface area (TPSA) is 98.5 Å². The number of carbonyl (C=O) groups is 2. The molecule has 0 aliphatic rings. The minimum atomic E-state index is -1.07. The van der Waals surface area contributed by atoms with Crippen LogP contribution in [0.15, 0.2) is 29.1 Å². The van der Waals surface area contributed by atoms with Gasteiger partial charge < -0.3 is 9.84 Å². The Bertz CT molecular complexity index is 848. The van der Waals surface area contributed by atoms with Crippen molar-refractivity contribution in [2.45, 2.75) is 45.8 Å². The average Bonchev–Trinajstić information content (AvgIpc) is 2.47. The summed E-state index contributed by atoms with van der Waals surface area (Å²) in [6, 6.07) is 5.65. The van der Waals surface area contributed by atoms with Gasteiger partial charge in [-0.3, -0.25) is 9.59 Å². The summed E-state index contributed by atoms with van der Waals surface area (Å²) in [6.45, 7) is 6.68. The van der Waals surface area contributed by atoms with Gasteiger partial charge in [0.1, 0.15) is 5.60 Å². The van der Waals surface area contributed by atoms with Crippen LogP contribution in [0, 0.1) is 0 Å². The normalized spacial score (nSPS) is 12.8. The molecule has 1 aromatic carbocycles. The summed E-state index contributed by atoms with van der Waals surface area (Å²) in [4.78, 5) is 35.9. The van der Waals surface area contributed by atoms with Crippen molar-refractivity contribution < 1.29 is 19.4 Å². The first kappa shape index (κ1) is 17.7. The molecule has 1 aromatic heterocycles. The maximum atomic E-state index is 12.6. The van der Waals surface area contributed by atoms with E-state index in [-0.39, 0.29) is 12.1 Å². The number of aliphatic carboxylic acids is 1. The second-order valence-corrected chi connectivity index (χ2v) is 6.52. The largest absolute Gasteiger partial charge is 0.481 e. The van der Waals surface area contributed by atoms with Gasteiger partial charge in [-0.1, -0.05) is 18.2 Å². The molecular formula is C17H20N2O5. The van der Waals surface area contributed by atoms with Crippen molar-refractivity contribution in [2.75, 3.05) is 0 Å². The van der Waals surface area contributed by atoms with Gasteiger partial charge in [-0.25, -0.2) is 9.48 Å². The van der Waals surface area contributed by atoms with E-state index in [1.165, 1.54) is 6.92 Å². The molecule has 128 valence electrons. The zero-order valence-corrected chi connectivity index (χ0v) is 14.1. The average molecular weight is 332 g/mol. The molecule has 2 rings (SSSR count). The van der Waals surface area contributed by atoms with E-state index < -0.39 is 29.1 Å². The smallest absolute Gasteiger partial charge is 0.331 e. The van der Waals surface area contributed by atoms with E-state index in [0.29, 0.717) is 10.8 Å². The highest BCUT2D eigenvalue weighted by Crippen LogP contribution is 2.17. The molecule has 1 atom stereocenters. The van der Waals surface area contributed by atoms with Crippen LogP contribution < -0.4 is 5.56 Å². The van der Waals surface area contributed by atoms with Crippen molar-refractivity contribution in [1.29, 1.82) is 0 Å². The summed E-state index contributed by atoms with van der Waals surface area (Å²) >= 11 is 0. The minimum Gasteiger partial charge on any atom is -0.481 e. The molecule has 1 heterocycles. The number of carbonyl (C=O) groups excluding carboxylic acids is 1. The van der Waals surface area contributed by atoms with Crippen LogP contribution in [0.25, 0.3) is 10.8 Å². The van der Waals surface area contributed by atoms with Crippen LogP contribution in [0.5, 0.6) is 0 Å². The lowest BCUT2D eigenvalue weighted by Gasteiger charge is -2.23. The van der Waals surface area contributed by atoms with Crippen molar-refractivity contribution in [3.8, 4) is 0 Å². The number of ether oxygens (including phenoxy) is 1.